The summed E-state index contributed by atoms with van der Waals surface area (Å²) >= 11 is 0. The molecule has 3 aromatic heterocycles. The van der Waals surface area contributed by atoms with Crippen molar-refractivity contribution in [3.63, 3.8) is 0 Å². The molecule has 2 aliphatic rings. The average molecular weight is 791 g/mol. The molecule has 0 bridgehead atoms. The maximum Gasteiger partial charge on any atom is 0.416 e. The predicted octanol–water partition coefficient (Wildman–Crippen LogP) is 6.24. The van der Waals surface area contributed by atoms with E-state index in [0.717, 1.165) is 40.3 Å². The third kappa shape index (κ3) is 8.40. The molecule has 0 amide bonds. The van der Waals surface area contributed by atoms with Crippen LogP contribution in [0.3, 0.4) is 0 Å². The van der Waals surface area contributed by atoms with Crippen LogP contribution < -0.4 is 4.90 Å². The van der Waals surface area contributed by atoms with Gasteiger partial charge in [-0.25, -0.2) is 18.5 Å². The second-order valence-electron chi connectivity index (χ2n) is 16.2. The molecule has 2 fully saturated rings. The molecule has 0 aliphatic carbocycles. The second-order valence-corrected chi connectivity index (χ2v) is 23.1. The molecule has 1 unspecified atom stereocenters. The topological polar surface area (TPSA) is 110 Å². The van der Waals surface area contributed by atoms with Gasteiger partial charge in [0.05, 0.1) is 41.4 Å². The van der Waals surface area contributed by atoms with Gasteiger partial charge in [0.2, 0.25) is 0 Å². The Balaban J connectivity index is 1.46. The molecule has 54 heavy (non-hydrogen) atoms. The molecule has 4 aromatic rings. The minimum absolute atomic E-state index is 0.103. The molecule has 0 radical (unpaired) electrons. The van der Waals surface area contributed by atoms with Gasteiger partial charge in [-0.2, -0.15) is 25.9 Å². The summed E-state index contributed by atoms with van der Waals surface area (Å²) in [4.78, 5) is 14.1. The molecule has 1 atom stereocenters. The monoisotopic (exact) mass is 790 g/mol. The number of rotatable bonds is 11. The number of hydrogen-bond donors (Lipinski definition) is 0. The van der Waals surface area contributed by atoms with Crippen molar-refractivity contribution in [1.29, 1.82) is 0 Å². The zero-order valence-electron chi connectivity index (χ0n) is 32.6. The number of benzene rings is 1. The molecule has 6 rings (SSSR count). The van der Waals surface area contributed by atoms with Gasteiger partial charge in [-0.15, -0.1) is 5.10 Å². The van der Waals surface area contributed by atoms with Gasteiger partial charge in [-0.3, -0.25) is 4.90 Å². The zero-order chi connectivity index (χ0) is 39.2. The number of hydrogen-bond acceptors (Lipinski definition) is 9. The molecule has 0 saturated carbocycles. The summed E-state index contributed by atoms with van der Waals surface area (Å²) in [6, 6.07) is 6.14. The molecular weight excluding hydrogens is 738 g/mol. The number of fused-ring (bicyclic) bond motifs is 1. The lowest BCUT2D eigenvalue weighted by Gasteiger charge is -2.39. The van der Waals surface area contributed by atoms with Crippen LogP contribution in [0, 0.1) is 12.8 Å². The van der Waals surface area contributed by atoms with E-state index in [1.54, 1.807) is 10.6 Å². The van der Waals surface area contributed by atoms with Crippen molar-refractivity contribution < 1.29 is 30.8 Å². The first kappa shape index (κ1) is 40.3. The number of halogens is 3. The maximum atomic E-state index is 14.1. The van der Waals surface area contributed by atoms with E-state index in [-0.39, 0.29) is 17.0 Å². The van der Waals surface area contributed by atoms with Gasteiger partial charge in [0.1, 0.15) is 6.33 Å². The molecule has 0 spiro atoms. The van der Waals surface area contributed by atoms with Crippen molar-refractivity contribution in [3.05, 3.63) is 64.9 Å². The first-order chi connectivity index (χ1) is 25.3. The van der Waals surface area contributed by atoms with Crippen LogP contribution in [0.4, 0.5) is 19.0 Å². The summed E-state index contributed by atoms with van der Waals surface area (Å²) in [5.74, 6) is 0.945. The SMILES string of the molecule is Cc1c(Cc2c(CN3CCCC(CO[Si](C)(C)C(C)(C)C)C3)nc3c(-c4cn(S(=O)(=O)N(C)C)cn4)cc(N4CCOCC4)nn23)cccc1C(F)(F)F. The van der Waals surface area contributed by atoms with Gasteiger partial charge in [-0.05, 0) is 73.6 Å². The fourth-order valence-corrected chi connectivity index (χ4v) is 8.71. The molecule has 0 N–H and O–H groups in total. The van der Waals surface area contributed by atoms with E-state index in [4.69, 9.17) is 19.2 Å². The van der Waals surface area contributed by atoms with E-state index in [9.17, 15) is 21.6 Å². The van der Waals surface area contributed by atoms with Crippen molar-refractivity contribution >= 4 is 30.0 Å². The minimum Gasteiger partial charge on any atom is -0.416 e. The Morgan fingerprint density at radius 3 is 2.48 bits per heavy atom. The van der Waals surface area contributed by atoms with Gasteiger partial charge < -0.3 is 14.1 Å². The average Bonchev–Trinajstić information content (AvgIpc) is 3.73. The smallest absolute Gasteiger partial charge is 0.416 e. The first-order valence-corrected chi connectivity index (χ1v) is 22.8. The van der Waals surface area contributed by atoms with E-state index >= 15 is 0 Å². The van der Waals surface area contributed by atoms with Crippen LogP contribution in [-0.4, -0.2) is 110 Å². The van der Waals surface area contributed by atoms with Crippen molar-refractivity contribution in [1.82, 2.24) is 32.8 Å². The van der Waals surface area contributed by atoms with Crippen LogP contribution in [0.15, 0.2) is 36.8 Å². The van der Waals surface area contributed by atoms with Crippen LogP contribution in [0.1, 0.15) is 61.7 Å². The van der Waals surface area contributed by atoms with Gasteiger partial charge in [0.25, 0.3) is 0 Å². The van der Waals surface area contributed by atoms with E-state index in [0.29, 0.717) is 85.0 Å². The second kappa shape index (κ2) is 15.3. The molecule has 2 aliphatic heterocycles. The predicted molar refractivity (Wildman–Crippen MR) is 205 cm³/mol. The molecule has 17 heteroatoms. The van der Waals surface area contributed by atoms with Crippen molar-refractivity contribution in [3.8, 4) is 11.3 Å². The van der Waals surface area contributed by atoms with Gasteiger partial charge >= 0.3 is 16.4 Å². The number of likely N-dealkylation sites (tertiary alicyclic amines) is 1. The van der Waals surface area contributed by atoms with E-state index < -0.39 is 30.3 Å². The Labute approximate surface area is 317 Å². The fourth-order valence-electron chi connectivity index (χ4n) is 6.84. The molecule has 2 saturated heterocycles. The number of morpholine rings is 1. The van der Waals surface area contributed by atoms with Crippen LogP contribution in [0.25, 0.3) is 16.9 Å². The zero-order valence-corrected chi connectivity index (χ0v) is 34.4. The highest BCUT2D eigenvalue weighted by Crippen LogP contribution is 2.38. The molecule has 1 aromatic carbocycles. The van der Waals surface area contributed by atoms with Crippen LogP contribution in [0.5, 0.6) is 0 Å². The first-order valence-electron chi connectivity index (χ1n) is 18.5. The standard InChI is InChI=1S/C37H53F3N8O4SSi/c1-26-28(12-9-13-30(26)37(38,39)40)19-33-32(22-45-14-10-11-27(21-45)24-52-54(7,8)36(2,3)4)42-35-29(31-23-47(25-41-31)53(49,50)44(5)6)20-34(43-48(33)35)46-15-17-51-18-16-46/h9,12-13,20,23,25,27H,10-11,14-19,21-22,24H2,1-8H3. The number of nitrogens with zero attached hydrogens (tertiary/aromatic N) is 8. The summed E-state index contributed by atoms with van der Waals surface area (Å²) in [7, 11) is -2.89. The number of anilines is 1. The lowest BCUT2D eigenvalue weighted by molar-refractivity contribution is -0.138. The van der Waals surface area contributed by atoms with Crippen molar-refractivity contribution in [2.45, 2.75) is 77.8 Å². The van der Waals surface area contributed by atoms with Gasteiger partial charge in [0, 0.05) is 59.5 Å². The normalized spacial score (nSPS) is 18.3. The largest absolute Gasteiger partial charge is 0.416 e. The van der Waals surface area contributed by atoms with Crippen molar-refractivity contribution in [2.75, 3.05) is 65.0 Å². The number of piperidine rings is 1. The van der Waals surface area contributed by atoms with Crippen molar-refractivity contribution in [2.24, 2.45) is 5.92 Å². The highest BCUT2D eigenvalue weighted by atomic mass is 32.2. The van der Waals surface area contributed by atoms with E-state index in [1.165, 1.54) is 39.6 Å². The Kier molecular flexibility index (Phi) is 11.4. The van der Waals surface area contributed by atoms with Crippen LogP contribution in [0.2, 0.25) is 18.1 Å². The summed E-state index contributed by atoms with van der Waals surface area (Å²) < 4.78 is 84.6. The van der Waals surface area contributed by atoms with Gasteiger partial charge in [-0.1, -0.05) is 32.9 Å². The Hall–Kier alpha value is -3.35. The summed E-state index contributed by atoms with van der Waals surface area (Å²) in [6.45, 7) is 17.7. The van der Waals surface area contributed by atoms with Crippen LogP contribution in [-0.2, 0) is 38.5 Å². The molecule has 296 valence electrons. The third-order valence-electron chi connectivity index (χ3n) is 11.2. The Morgan fingerprint density at radius 1 is 1.09 bits per heavy atom. The molecule has 12 nitrogen and oxygen atoms in total. The summed E-state index contributed by atoms with van der Waals surface area (Å²) in [5, 5.41) is 5.18. The highest BCUT2D eigenvalue weighted by molar-refractivity contribution is 7.87. The van der Waals surface area contributed by atoms with Gasteiger partial charge in [0.15, 0.2) is 19.8 Å². The number of alkyl halides is 3. The van der Waals surface area contributed by atoms with E-state index in [1.807, 2.05) is 6.07 Å². The maximum absolute atomic E-state index is 14.1. The lowest BCUT2D eigenvalue weighted by atomic mass is 9.97. The molecular formula is C37H53F3N8O4SSi. The van der Waals surface area contributed by atoms with Crippen LogP contribution >= 0.6 is 0 Å². The lowest BCUT2D eigenvalue weighted by Crippen LogP contribution is -2.44. The number of ether oxygens (including phenoxy) is 1. The minimum atomic E-state index is -4.50. The summed E-state index contributed by atoms with van der Waals surface area (Å²) in [5.41, 5.74) is 2.76. The molecule has 5 heterocycles. The summed E-state index contributed by atoms with van der Waals surface area (Å²) in [6.07, 6.45) is 0.408. The highest BCUT2D eigenvalue weighted by Gasteiger charge is 2.38. The number of aromatic nitrogens is 5. The fraction of sp³-hybridized carbons (Fsp3) is 0.595. The Morgan fingerprint density at radius 2 is 1.81 bits per heavy atom. The number of imidazole rings is 2. The van der Waals surface area contributed by atoms with E-state index in [2.05, 4.69) is 48.6 Å². The third-order valence-corrected chi connectivity index (χ3v) is 17.4. The quantitative estimate of drug-likeness (QED) is 0.163. The Bertz CT molecular complexity index is 2070.